The van der Waals surface area contributed by atoms with E-state index in [0.29, 0.717) is 18.8 Å². The van der Waals surface area contributed by atoms with Gasteiger partial charge in [-0.2, -0.15) is 0 Å². The fourth-order valence-corrected chi connectivity index (χ4v) is 2.06. The maximum atomic E-state index is 12.3. The minimum Gasteiger partial charge on any atom is -0.444 e. The van der Waals surface area contributed by atoms with Gasteiger partial charge in [0.2, 0.25) is 6.43 Å². The summed E-state index contributed by atoms with van der Waals surface area (Å²) in [6.07, 6.45) is -1.61. The van der Waals surface area contributed by atoms with Crippen LogP contribution in [0.4, 0.5) is 13.6 Å². The molecule has 0 bridgehead atoms. The fourth-order valence-electron chi connectivity index (χ4n) is 2.06. The molecule has 2 rings (SSSR count). The molecule has 0 aliphatic carbocycles. The average molecular weight is 284 g/mol. The number of fused-ring (bicyclic) bond motifs is 1. The second-order valence-corrected chi connectivity index (χ2v) is 5.88. The number of nitrogens with zero attached hydrogens (tertiary/aromatic N) is 2. The first kappa shape index (κ1) is 14.7. The van der Waals surface area contributed by atoms with Crippen LogP contribution >= 0.6 is 0 Å². The summed E-state index contributed by atoms with van der Waals surface area (Å²) < 4.78 is 30.0. The summed E-state index contributed by atoms with van der Waals surface area (Å²) in [5.74, 6) is 0. The van der Waals surface area contributed by atoms with E-state index in [0.717, 1.165) is 11.1 Å². The molecule has 1 amide bonds. The maximum Gasteiger partial charge on any atom is 0.410 e. The Morgan fingerprint density at radius 1 is 1.40 bits per heavy atom. The van der Waals surface area contributed by atoms with Gasteiger partial charge < -0.3 is 4.74 Å². The molecule has 0 aromatic carbocycles. The largest absolute Gasteiger partial charge is 0.444 e. The maximum absolute atomic E-state index is 12.3. The number of halogens is 2. The normalized spacial score (nSPS) is 14.6. The Bertz CT molecular complexity index is 512. The molecular formula is C14H18F2N2O2. The molecule has 1 aliphatic rings. The minimum absolute atomic E-state index is 0.352. The van der Waals surface area contributed by atoms with Crippen LogP contribution in [-0.4, -0.2) is 28.0 Å². The summed E-state index contributed by atoms with van der Waals surface area (Å²) in [6.45, 7) is 6.19. The van der Waals surface area contributed by atoms with Crippen LogP contribution in [0.3, 0.4) is 0 Å². The van der Waals surface area contributed by atoms with Crippen LogP contribution in [0.25, 0.3) is 0 Å². The predicted molar refractivity (Wildman–Crippen MR) is 69.4 cm³/mol. The highest BCUT2D eigenvalue weighted by atomic mass is 19.3. The van der Waals surface area contributed by atoms with Crippen LogP contribution in [0.15, 0.2) is 12.3 Å². The van der Waals surface area contributed by atoms with Gasteiger partial charge in [-0.1, -0.05) is 0 Å². The lowest BCUT2D eigenvalue weighted by Gasteiger charge is -2.24. The Morgan fingerprint density at radius 3 is 2.65 bits per heavy atom. The first-order chi connectivity index (χ1) is 9.24. The zero-order valence-electron chi connectivity index (χ0n) is 11.8. The van der Waals surface area contributed by atoms with E-state index in [1.54, 1.807) is 37.9 Å². The van der Waals surface area contributed by atoms with Crippen molar-refractivity contribution in [1.82, 2.24) is 9.88 Å². The van der Waals surface area contributed by atoms with Crippen molar-refractivity contribution in [3.63, 3.8) is 0 Å². The first-order valence-electron chi connectivity index (χ1n) is 6.47. The lowest BCUT2D eigenvalue weighted by Crippen LogP contribution is -2.33. The molecule has 1 aliphatic heterocycles. The number of carbonyl (C=O) groups excluding carboxylic acids is 1. The van der Waals surface area contributed by atoms with E-state index < -0.39 is 18.1 Å². The first-order valence-corrected chi connectivity index (χ1v) is 6.47. The van der Waals surface area contributed by atoms with Crippen molar-refractivity contribution in [2.24, 2.45) is 0 Å². The van der Waals surface area contributed by atoms with E-state index in [-0.39, 0.29) is 6.42 Å². The van der Waals surface area contributed by atoms with Gasteiger partial charge in [-0.05, 0) is 38.0 Å². The number of pyridine rings is 1. The summed E-state index contributed by atoms with van der Waals surface area (Å²) >= 11 is 0. The van der Waals surface area contributed by atoms with Crippen molar-refractivity contribution in [2.45, 2.75) is 52.3 Å². The summed E-state index contributed by atoms with van der Waals surface area (Å²) in [5, 5.41) is 0. The number of hydrogen-bond acceptors (Lipinski definition) is 3. The number of amides is 1. The molecule has 1 aromatic heterocycles. The molecule has 0 saturated carbocycles. The third kappa shape index (κ3) is 3.65. The molecule has 0 saturated heterocycles. The van der Waals surface area contributed by atoms with Crippen molar-refractivity contribution in [3.8, 4) is 0 Å². The zero-order valence-corrected chi connectivity index (χ0v) is 11.8. The third-order valence-electron chi connectivity index (χ3n) is 2.88. The van der Waals surface area contributed by atoms with E-state index in [1.165, 1.54) is 0 Å². The fraction of sp³-hybridized carbons (Fsp3) is 0.571. The summed E-state index contributed by atoms with van der Waals surface area (Å²) in [7, 11) is 0. The van der Waals surface area contributed by atoms with Gasteiger partial charge in [0.25, 0.3) is 0 Å². The lowest BCUT2D eigenvalue weighted by molar-refractivity contribution is 0.0241. The number of alkyl halides is 2. The van der Waals surface area contributed by atoms with Gasteiger partial charge in [-0.3, -0.25) is 9.88 Å². The van der Waals surface area contributed by atoms with Crippen LogP contribution in [0.5, 0.6) is 0 Å². The number of aromatic nitrogens is 1. The molecule has 0 fully saturated rings. The average Bonchev–Trinajstić information content (AvgIpc) is 2.68. The molecule has 110 valence electrons. The highest BCUT2D eigenvalue weighted by molar-refractivity contribution is 5.69. The Labute approximate surface area is 116 Å². The molecule has 0 radical (unpaired) electrons. The van der Waals surface area contributed by atoms with Crippen molar-refractivity contribution >= 4 is 6.09 Å². The van der Waals surface area contributed by atoms with Crippen molar-refractivity contribution in [2.75, 3.05) is 0 Å². The zero-order chi connectivity index (χ0) is 14.9. The van der Waals surface area contributed by atoms with Crippen LogP contribution in [-0.2, 0) is 24.2 Å². The Balaban J connectivity index is 2.05. The molecule has 0 spiro atoms. The Hall–Kier alpha value is -1.72. The number of rotatable bonds is 2. The molecule has 0 N–H and O–H groups in total. The third-order valence-corrected chi connectivity index (χ3v) is 2.88. The quantitative estimate of drug-likeness (QED) is 0.838. The van der Waals surface area contributed by atoms with Gasteiger partial charge in [-0.25, -0.2) is 13.6 Å². The SMILES string of the molecule is CC(C)(C)OC(=O)N1Cc2cnc(CC(F)F)cc2C1. The molecular weight excluding hydrogens is 266 g/mol. The molecule has 4 nitrogen and oxygen atoms in total. The molecule has 0 unspecified atom stereocenters. The van der Waals surface area contributed by atoms with Gasteiger partial charge in [0.05, 0.1) is 13.0 Å². The van der Waals surface area contributed by atoms with E-state index in [1.807, 2.05) is 0 Å². The highest BCUT2D eigenvalue weighted by Gasteiger charge is 2.28. The van der Waals surface area contributed by atoms with Crippen LogP contribution in [0.2, 0.25) is 0 Å². The van der Waals surface area contributed by atoms with Crippen LogP contribution in [0, 0.1) is 0 Å². The summed E-state index contributed by atoms with van der Waals surface area (Å²) in [4.78, 5) is 17.5. The molecule has 6 heteroatoms. The number of carbonyl (C=O) groups is 1. The second kappa shape index (κ2) is 5.34. The van der Waals surface area contributed by atoms with Crippen molar-refractivity contribution < 1.29 is 18.3 Å². The van der Waals surface area contributed by atoms with Gasteiger partial charge in [-0.15, -0.1) is 0 Å². The monoisotopic (exact) mass is 284 g/mol. The molecule has 1 aromatic rings. The Morgan fingerprint density at radius 2 is 2.05 bits per heavy atom. The predicted octanol–water partition coefficient (Wildman–Crippen LogP) is 3.14. The number of hydrogen-bond donors (Lipinski definition) is 0. The molecule has 2 heterocycles. The van der Waals surface area contributed by atoms with E-state index >= 15 is 0 Å². The Kier molecular flexibility index (Phi) is 3.92. The van der Waals surface area contributed by atoms with Crippen LogP contribution < -0.4 is 0 Å². The minimum atomic E-state index is -2.41. The highest BCUT2D eigenvalue weighted by Crippen LogP contribution is 2.25. The summed E-state index contributed by atoms with van der Waals surface area (Å²) in [5.41, 5.74) is 1.55. The smallest absolute Gasteiger partial charge is 0.410 e. The van der Waals surface area contributed by atoms with Gasteiger partial charge in [0, 0.05) is 18.4 Å². The van der Waals surface area contributed by atoms with E-state index in [9.17, 15) is 13.6 Å². The van der Waals surface area contributed by atoms with E-state index in [4.69, 9.17) is 4.74 Å². The molecule has 20 heavy (non-hydrogen) atoms. The molecule has 0 atom stereocenters. The van der Waals surface area contributed by atoms with Crippen molar-refractivity contribution in [1.29, 1.82) is 0 Å². The van der Waals surface area contributed by atoms with Gasteiger partial charge >= 0.3 is 6.09 Å². The standard InChI is InChI=1S/C14H18F2N2O2/c1-14(2,3)20-13(19)18-7-9-4-11(5-12(15)16)17-6-10(9)8-18/h4,6,12H,5,7-8H2,1-3H3. The van der Waals surface area contributed by atoms with Gasteiger partial charge in [0.15, 0.2) is 0 Å². The topological polar surface area (TPSA) is 42.4 Å². The van der Waals surface area contributed by atoms with Crippen molar-refractivity contribution in [3.05, 3.63) is 29.1 Å². The van der Waals surface area contributed by atoms with Gasteiger partial charge in [0.1, 0.15) is 5.60 Å². The second-order valence-electron chi connectivity index (χ2n) is 5.88. The van der Waals surface area contributed by atoms with E-state index in [2.05, 4.69) is 4.98 Å². The number of ether oxygens (including phenoxy) is 1. The van der Waals surface area contributed by atoms with Crippen LogP contribution in [0.1, 0.15) is 37.6 Å². The lowest BCUT2D eigenvalue weighted by atomic mass is 10.1. The summed E-state index contributed by atoms with van der Waals surface area (Å²) in [6, 6.07) is 1.64.